The van der Waals surface area contributed by atoms with Gasteiger partial charge in [-0.25, -0.2) is 0 Å². The van der Waals surface area contributed by atoms with Gasteiger partial charge in [0.2, 0.25) is 0 Å². The molecule has 4 bridgehead atoms. The van der Waals surface area contributed by atoms with Crippen LogP contribution in [0.25, 0.3) is 0 Å². The van der Waals surface area contributed by atoms with Crippen molar-refractivity contribution in [2.24, 2.45) is 0 Å². The molecule has 0 aromatic heterocycles. The van der Waals surface area contributed by atoms with Gasteiger partial charge in [-0.3, -0.25) is 0 Å². The molecule has 22 heavy (non-hydrogen) atoms. The van der Waals surface area contributed by atoms with Gasteiger partial charge in [0.25, 0.3) is 0 Å². The maximum absolute atomic E-state index is 2.33. The van der Waals surface area contributed by atoms with Crippen LogP contribution in [-0.2, 0) is 25.7 Å². The molecular formula is C22H28. The summed E-state index contributed by atoms with van der Waals surface area (Å²) in [7, 11) is 0. The van der Waals surface area contributed by atoms with Crippen LogP contribution in [0.4, 0.5) is 0 Å². The van der Waals surface area contributed by atoms with Crippen molar-refractivity contribution in [1.82, 2.24) is 0 Å². The van der Waals surface area contributed by atoms with E-state index in [-0.39, 0.29) is 0 Å². The van der Waals surface area contributed by atoms with Gasteiger partial charge in [0.05, 0.1) is 0 Å². The molecule has 0 saturated heterocycles. The lowest BCUT2D eigenvalue weighted by Crippen LogP contribution is -2.02. The van der Waals surface area contributed by atoms with E-state index < -0.39 is 0 Å². The van der Waals surface area contributed by atoms with Gasteiger partial charge in [-0.2, -0.15) is 0 Å². The molecule has 0 radical (unpaired) electrons. The zero-order valence-corrected chi connectivity index (χ0v) is 14.1. The highest BCUT2D eigenvalue weighted by Gasteiger charge is 2.08. The Kier molecular flexibility index (Phi) is 4.97. The Labute approximate surface area is 135 Å². The normalized spacial score (nSPS) is 16.1. The molecule has 2 aromatic rings. The second-order valence-electron chi connectivity index (χ2n) is 6.82. The molecule has 1 aliphatic carbocycles. The van der Waals surface area contributed by atoms with Crippen LogP contribution in [0, 0.1) is 13.8 Å². The molecule has 3 rings (SSSR count). The zero-order valence-electron chi connectivity index (χ0n) is 14.1. The number of rotatable bonds is 0. The first kappa shape index (κ1) is 15.3. The molecule has 116 valence electrons. The highest BCUT2D eigenvalue weighted by molar-refractivity contribution is 5.38. The molecule has 0 aliphatic heterocycles. The Morgan fingerprint density at radius 3 is 1.27 bits per heavy atom. The quantitative estimate of drug-likeness (QED) is 0.580. The summed E-state index contributed by atoms with van der Waals surface area (Å²) in [5, 5.41) is 0. The Hall–Kier alpha value is -1.56. The van der Waals surface area contributed by atoms with Gasteiger partial charge in [-0.15, -0.1) is 0 Å². The predicted molar refractivity (Wildman–Crippen MR) is 95.6 cm³/mol. The summed E-state index contributed by atoms with van der Waals surface area (Å²) in [5.74, 6) is 0. The summed E-state index contributed by atoms with van der Waals surface area (Å²) in [5.41, 5.74) is 9.29. The SMILES string of the molecule is Cc1c2cccc1CCc1cccc(c1C)CCCCCC2. The minimum atomic E-state index is 1.17. The third kappa shape index (κ3) is 3.43. The first-order chi connectivity index (χ1) is 10.8. The van der Waals surface area contributed by atoms with Crippen molar-refractivity contribution in [3.63, 3.8) is 0 Å². The monoisotopic (exact) mass is 292 g/mol. The molecular weight excluding hydrogens is 264 g/mol. The number of aryl methyl sites for hydroxylation is 4. The topological polar surface area (TPSA) is 0 Å². The van der Waals surface area contributed by atoms with E-state index in [1.54, 1.807) is 22.3 Å². The van der Waals surface area contributed by atoms with Crippen LogP contribution in [0.3, 0.4) is 0 Å². The van der Waals surface area contributed by atoms with E-state index in [0.717, 1.165) is 0 Å². The average molecular weight is 292 g/mol. The van der Waals surface area contributed by atoms with Crippen molar-refractivity contribution < 1.29 is 0 Å². The second kappa shape index (κ2) is 7.13. The minimum absolute atomic E-state index is 1.17. The second-order valence-corrected chi connectivity index (χ2v) is 6.82. The molecule has 0 spiro atoms. The maximum Gasteiger partial charge on any atom is -0.0235 e. The van der Waals surface area contributed by atoms with E-state index in [2.05, 4.69) is 50.2 Å². The van der Waals surface area contributed by atoms with Crippen molar-refractivity contribution in [3.05, 3.63) is 69.8 Å². The highest BCUT2D eigenvalue weighted by Crippen LogP contribution is 2.23. The molecule has 0 nitrogen and oxygen atoms in total. The average Bonchev–Trinajstić information content (AvgIpc) is 2.52. The fourth-order valence-electron chi connectivity index (χ4n) is 3.81. The smallest absolute Gasteiger partial charge is 0.0235 e. The van der Waals surface area contributed by atoms with E-state index >= 15 is 0 Å². The Bertz CT molecular complexity index is 579. The van der Waals surface area contributed by atoms with E-state index in [9.17, 15) is 0 Å². The lowest BCUT2D eigenvalue weighted by molar-refractivity contribution is 0.637. The zero-order chi connectivity index (χ0) is 15.4. The third-order valence-corrected chi connectivity index (χ3v) is 5.42. The van der Waals surface area contributed by atoms with Crippen molar-refractivity contribution >= 4 is 0 Å². The molecule has 0 N–H and O–H groups in total. The van der Waals surface area contributed by atoms with Crippen molar-refractivity contribution in [2.75, 3.05) is 0 Å². The number of fused-ring (bicyclic) bond motifs is 4. The fraction of sp³-hybridized carbons (Fsp3) is 0.455. The molecule has 0 atom stereocenters. The van der Waals surface area contributed by atoms with Gasteiger partial charge in [-0.05, 0) is 85.8 Å². The predicted octanol–water partition coefficient (Wildman–Crippen LogP) is 5.75. The summed E-state index contributed by atoms with van der Waals surface area (Å²) in [6.45, 7) is 4.64. The van der Waals surface area contributed by atoms with Crippen LogP contribution >= 0.6 is 0 Å². The van der Waals surface area contributed by atoms with E-state index in [0.29, 0.717) is 0 Å². The van der Waals surface area contributed by atoms with Crippen LogP contribution in [0.2, 0.25) is 0 Å². The van der Waals surface area contributed by atoms with E-state index in [1.807, 2.05) is 0 Å². The lowest BCUT2D eigenvalue weighted by Gasteiger charge is -2.15. The van der Waals surface area contributed by atoms with Gasteiger partial charge >= 0.3 is 0 Å². The van der Waals surface area contributed by atoms with Crippen LogP contribution in [0.5, 0.6) is 0 Å². The first-order valence-electron chi connectivity index (χ1n) is 8.90. The summed E-state index contributed by atoms with van der Waals surface area (Å²) in [6.07, 6.45) is 10.2. The van der Waals surface area contributed by atoms with Gasteiger partial charge in [0, 0.05) is 0 Å². The number of benzene rings is 2. The summed E-state index contributed by atoms with van der Waals surface area (Å²) in [4.78, 5) is 0. The van der Waals surface area contributed by atoms with Crippen LogP contribution < -0.4 is 0 Å². The summed E-state index contributed by atoms with van der Waals surface area (Å²) >= 11 is 0. The third-order valence-electron chi connectivity index (χ3n) is 5.42. The maximum atomic E-state index is 2.33. The van der Waals surface area contributed by atoms with E-state index in [1.165, 1.54) is 62.5 Å². The molecule has 0 amide bonds. The number of hydrogen-bond donors (Lipinski definition) is 0. The standard InChI is InChI=1S/C22H28/c1-17-19-9-5-3-4-6-10-20-12-8-14-22(18(20)2)16-15-21(17)13-7-11-19/h7-8,11-14H,3-6,9-10,15-16H2,1-2H3. The molecule has 0 saturated carbocycles. The van der Waals surface area contributed by atoms with Crippen LogP contribution in [0.15, 0.2) is 36.4 Å². The molecule has 2 aromatic carbocycles. The molecule has 1 aliphatic rings. The van der Waals surface area contributed by atoms with Gasteiger partial charge < -0.3 is 0 Å². The Morgan fingerprint density at radius 2 is 0.864 bits per heavy atom. The summed E-state index contributed by atoms with van der Waals surface area (Å²) < 4.78 is 0. The minimum Gasteiger partial charge on any atom is -0.0617 e. The molecule has 0 heterocycles. The fourth-order valence-corrected chi connectivity index (χ4v) is 3.81. The Morgan fingerprint density at radius 1 is 0.500 bits per heavy atom. The first-order valence-corrected chi connectivity index (χ1v) is 8.90. The molecule has 0 fully saturated rings. The van der Waals surface area contributed by atoms with Gasteiger partial charge in [0.15, 0.2) is 0 Å². The molecule has 0 heteroatoms. The van der Waals surface area contributed by atoms with Crippen LogP contribution in [-0.4, -0.2) is 0 Å². The highest BCUT2D eigenvalue weighted by atomic mass is 14.1. The van der Waals surface area contributed by atoms with Gasteiger partial charge in [0.1, 0.15) is 0 Å². The van der Waals surface area contributed by atoms with Crippen LogP contribution in [0.1, 0.15) is 59.1 Å². The number of hydrogen-bond acceptors (Lipinski definition) is 0. The molecule has 0 unspecified atom stereocenters. The van der Waals surface area contributed by atoms with E-state index in [4.69, 9.17) is 0 Å². The largest absolute Gasteiger partial charge is 0.0617 e. The Balaban J connectivity index is 1.91. The lowest BCUT2D eigenvalue weighted by atomic mass is 9.90. The van der Waals surface area contributed by atoms with Crippen molar-refractivity contribution in [2.45, 2.75) is 65.2 Å². The van der Waals surface area contributed by atoms with Crippen molar-refractivity contribution in [1.29, 1.82) is 0 Å². The van der Waals surface area contributed by atoms with Gasteiger partial charge in [-0.1, -0.05) is 49.2 Å². The summed E-state index contributed by atoms with van der Waals surface area (Å²) in [6, 6.07) is 13.8. The van der Waals surface area contributed by atoms with Crippen molar-refractivity contribution in [3.8, 4) is 0 Å².